The Morgan fingerprint density at radius 3 is 2.60 bits per heavy atom. The number of fused-ring (bicyclic) bond motifs is 4. The summed E-state index contributed by atoms with van der Waals surface area (Å²) in [7, 11) is 0. The van der Waals surface area contributed by atoms with E-state index in [0.29, 0.717) is 12.0 Å². The van der Waals surface area contributed by atoms with Crippen LogP contribution in [0.5, 0.6) is 0 Å². The zero-order chi connectivity index (χ0) is 17.8. The number of carbonyl (C=O) groups is 1. The summed E-state index contributed by atoms with van der Waals surface area (Å²) in [5.74, 6) is -1.52. The van der Waals surface area contributed by atoms with Gasteiger partial charge < -0.3 is 10.2 Å². The third-order valence-corrected chi connectivity index (χ3v) is 4.99. The van der Waals surface area contributed by atoms with E-state index in [2.05, 4.69) is 5.32 Å². The highest BCUT2D eigenvalue weighted by molar-refractivity contribution is 5.95. The Morgan fingerprint density at radius 1 is 1.12 bits per heavy atom. The molecule has 0 aromatic heterocycles. The number of aryl methyl sites for hydroxylation is 1. The number of nitrogens with one attached hydrogen (secondary N) is 1. The summed E-state index contributed by atoms with van der Waals surface area (Å²) in [5.41, 5.74) is -0.385. The Balaban J connectivity index is 2.05. The number of alkyl halides is 2. The molecule has 130 valence electrons. The largest absolute Gasteiger partial charge is 0.323 e. The molecule has 1 unspecified atom stereocenters. The van der Waals surface area contributed by atoms with E-state index in [-0.39, 0.29) is 17.7 Å². The molecule has 7 heteroatoms. The van der Waals surface area contributed by atoms with Crippen molar-refractivity contribution in [2.75, 3.05) is 11.9 Å². The van der Waals surface area contributed by atoms with Gasteiger partial charge in [-0.2, -0.15) is 0 Å². The second kappa shape index (κ2) is 5.47. The van der Waals surface area contributed by atoms with Gasteiger partial charge in [0.2, 0.25) is 0 Å². The highest BCUT2D eigenvalue weighted by atomic mass is 19.3. The lowest BCUT2D eigenvalue weighted by atomic mass is 9.79. The predicted octanol–water partition coefficient (Wildman–Crippen LogP) is 4.27. The van der Waals surface area contributed by atoms with Gasteiger partial charge in [-0.15, -0.1) is 0 Å². The minimum absolute atomic E-state index is 0.0855. The van der Waals surface area contributed by atoms with Gasteiger partial charge in [0.15, 0.2) is 0 Å². The molecule has 0 fully saturated rings. The molecule has 1 heterocycles. The van der Waals surface area contributed by atoms with E-state index in [1.54, 1.807) is 18.2 Å². The summed E-state index contributed by atoms with van der Waals surface area (Å²) in [5, 5.41) is 2.25. The molecule has 1 spiro atoms. The van der Waals surface area contributed by atoms with E-state index in [1.807, 2.05) is 6.07 Å². The lowest BCUT2D eigenvalue weighted by Crippen LogP contribution is -2.56. The summed E-state index contributed by atoms with van der Waals surface area (Å²) < 4.78 is 55.4. The second-order valence-corrected chi connectivity index (χ2v) is 6.23. The monoisotopic (exact) mass is 350 g/mol. The molecule has 1 N–H and O–H groups in total. The van der Waals surface area contributed by atoms with Gasteiger partial charge in [0.1, 0.15) is 17.2 Å². The van der Waals surface area contributed by atoms with Crippen molar-refractivity contribution < 1.29 is 22.4 Å². The van der Waals surface area contributed by atoms with Crippen molar-refractivity contribution in [1.29, 1.82) is 0 Å². The average molecular weight is 350 g/mol. The van der Waals surface area contributed by atoms with Crippen molar-refractivity contribution in [3.05, 3.63) is 64.7 Å². The van der Waals surface area contributed by atoms with Crippen LogP contribution in [0.2, 0.25) is 0 Å². The fraction of sp³-hybridized carbons (Fsp3) is 0.278. The van der Waals surface area contributed by atoms with E-state index in [1.165, 1.54) is 0 Å². The standard InChI is InChI=1S/C18H14F4N2O/c19-12-5-6-13(20)16-15(12)18(24(9-14(21)22)17(25)23-16)8-7-10-3-1-2-4-11(10)18/h1-6,14H,7-9H2,(H,23,25). The quantitative estimate of drug-likeness (QED) is 0.806. The maximum atomic E-state index is 14.7. The van der Waals surface area contributed by atoms with E-state index in [4.69, 9.17) is 0 Å². The molecule has 2 aliphatic rings. The van der Waals surface area contributed by atoms with Crippen molar-refractivity contribution >= 4 is 11.7 Å². The number of rotatable bonds is 2. The molecule has 2 aromatic carbocycles. The maximum absolute atomic E-state index is 14.7. The number of carbonyl (C=O) groups excluding carboxylic acids is 1. The molecule has 0 saturated carbocycles. The molecule has 0 bridgehead atoms. The fourth-order valence-electron chi connectivity index (χ4n) is 4.07. The van der Waals surface area contributed by atoms with Crippen molar-refractivity contribution in [3.8, 4) is 0 Å². The Bertz CT molecular complexity index is 870. The number of amides is 2. The molecule has 0 saturated heterocycles. The van der Waals surface area contributed by atoms with E-state index >= 15 is 0 Å². The zero-order valence-corrected chi connectivity index (χ0v) is 13.0. The summed E-state index contributed by atoms with van der Waals surface area (Å²) in [4.78, 5) is 13.5. The van der Waals surface area contributed by atoms with Crippen molar-refractivity contribution in [2.24, 2.45) is 0 Å². The first-order valence-electron chi connectivity index (χ1n) is 7.89. The van der Waals surface area contributed by atoms with Crippen LogP contribution in [-0.4, -0.2) is 23.9 Å². The molecule has 2 aromatic rings. The predicted molar refractivity (Wildman–Crippen MR) is 83.6 cm³/mol. The SMILES string of the molecule is O=C1Nc2c(F)ccc(F)c2C2(CCc3ccccc32)N1CC(F)F. The lowest BCUT2D eigenvalue weighted by Gasteiger charge is -2.46. The Hall–Kier alpha value is -2.57. The first-order valence-corrected chi connectivity index (χ1v) is 7.89. The van der Waals surface area contributed by atoms with Gasteiger partial charge in [0, 0.05) is 5.56 Å². The Kier molecular flexibility index (Phi) is 3.49. The molecular weight excluding hydrogens is 336 g/mol. The molecule has 1 atom stereocenters. The first-order chi connectivity index (χ1) is 11.9. The number of urea groups is 1. The molecule has 3 nitrogen and oxygen atoms in total. The van der Waals surface area contributed by atoms with Gasteiger partial charge in [-0.3, -0.25) is 0 Å². The average Bonchev–Trinajstić information content (AvgIpc) is 2.95. The minimum Gasteiger partial charge on any atom is -0.305 e. The fourth-order valence-corrected chi connectivity index (χ4v) is 4.07. The third kappa shape index (κ3) is 2.14. The highest BCUT2D eigenvalue weighted by Crippen LogP contribution is 2.52. The van der Waals surface area contributed by atoms with Crippen LogP contribution in [0, 0.1) is 11.6 Å². The van der Waals surface area contributed by atoms with Crippen LogP contribution in [-0.2, 0) is 12.0 Å². The summed E-state index contributed by atoms with van der Waals surface area (Å²) in [6.07, 6.45) is -2.09. The van der Waals surface area contributed by atoms with Crippen LogP contribution in [0.1, 0.15) is 23.1 Å². The number of nitrogens with zero attached hydrogens (tertiary/aromatic N) is 1. The van der Waals surface area contributed by atoms with Crippen molar-refractivity contribution in [1.82, 2.24) is 4.90 Å². The van der Waals surface area contributed by atoms with E-state index in [9.17, 15) is 22.4 Å². The van der Waals surface area contributed by atoms with Crippen LogP contribution in [0.4, 0.5) is 28.0 Å². The molecule has 4 rings (SSSR count). The van der Waals surface area contributed by atoms with E-state index in [0.717, 1.165) is 22.6 Å². The van der Waals surface area contributed by atoms with Crippen LogP contribution < -0.4 is 5.32 Å². The van der Waals surface area contributed by atoms with Gasteiger partial charge in [-0.25, -0.2) is 22.4 Å². The Morgan fingerprint density at radius 2 is 1.84 bits per heavy atom. The molecule has 25 heavy (non-hydrogen) atoms. The number of benzene rings is 2. The van der Waals surface area contributed by atoms with Crippen LogP contribution in [0.3, 0.4) is 0 Å². The molecule has 1 aliphatic heterocycles. The summed E-state index contributed by atoms with van der Waals surface area (Å²) >= 11 is 0. The van der Waals surface area contributed by atoms with Gasteiger partial charge in [-0.1, -0.05) is 24.3 Å². The number of hydrogen-bond donors (Lipinski definition) is 1. The minimum atomic E-state index is -2.80. The normalized spacial score (nSPS) is 21.5. The topological polar surface area (TPSA) is 32.3 Å². The second-order valence-electron chi connectivity index (χ2n) is 6.23. The number of anilines is 1. The first kappa shape index (κ1) is 15.9. The van der Waals surface area contributed by atoms with Crippen LogP contribution >= 0.6 is 0 Å². The van der Waals surface area contributed by atoms with Crippen molar-refractivity contribution in [3.63, 3.8) is 0 Å². The molecular formula is C18H14F4N2O. The summed E-state index contributed by atoms with van der Waals surface area (Å²) in [6, 6.07) is 8.04. The lowest BCUT2D eigenvalue weighted by molar-refractivity contribution is 0.0579. The number of halogens is 4. The van der Waals surface area contributed by atoms with Gasteiger partial charge in [-0.05, 0) is 36.1 Å². The Labute approximate surface area is 141 Å². The third-order valence-electron chi connectivity index (χ3n) is 4.99. The van der Waals surface area contributed by atoms with Gasteiger partial charge in [0.25, 0.3) is 6.43 Å². The molecule has 1 aliphatic carbocycles. The van der Waals surface area contributed by atoms with Crippen LogP contribution in [0.25, 0.3) is 0 Å². The number of hydrogen-bond acceptors (Lipinski definition) is 1. The van der Waals surface area contributed by atoms with Gasteiger partial charge >= 0.3 is 6.03 Å². The zero-order valence-electron chi connectivity index (χ0n) is 13.0. The maximum Gasteiger partial charge on any atom is 0.323 e. The smallest absolute Gasteiger partial charge is 0.305 e. The highest BCUT2D eigenvalue weighted by Gasteiger charge is 2.53. The van der Waals surface area contributed by atoms with E-state index < -0.39 is 36.2 Å². The van der Waals surface area contributed by atoms with Crippen LogP contribution in [0.15, 0.2) is 36.4 Å². The summed E-state index contributed by atoms with van der Waals surface area (Å²) in [6.45, 7) is -0.866. The van der Waals surface area contributed by atoms with Crippen molar-refractivity contribution in [2.45, 2.75) is 24.8 Å². The molecule has 0 radical (unpaired) electrons. The van der Waals surface area contributed by atoms with Gasteiger partial charge in [0.05, 0.1) is 12.2 Å². The molecule has 2 amide bonds.